The minimum atomic E-state index is -4.17. The van der Waals surface area contributed by atoms with Gasteiger partial charge in [-0.3, -0.25) is 23.9 Å². The maximum atomic E-state index is 14.8. The van der Waals surface area contributed by atoms with Crippen LogP contribution in [0.2, 0.25) is 0 Å². The fraction of sp³-hybridized carbons (Fsp3) is 0.426. The molecule has 0 spiro atoms. The molecule has 3 aromatic carbocycles. The molecule has 62 heavy (non-hydrogen) atoms. The van der Waals surface area contributed by atoms with E-state index in [0.717, 1.165) is 11.1 Å². The van der Waals surface area contributed by atoms with Crippen LogP contribution < -0.4 is 24.8 Å². The van der Waals surface area contributed by atoms with Gasteiger partial charge in [-0.2, -0.15) is 0 Å². The summed E-state index contributed by atoms with van der Waals surface area (Å²) in [6.45, 7) is 9.41. The van der Waals surface area contributed by atoms with Gasteiger partial charge in [0.25, 0.3) is 5.91 Å². The lowest BCUT2D eigenvalue weighted by Gasteiger charge is -2.35. The first-order chi connectivity index (χ1) is 29.5. The predicted molar refractivity (Wildman–Crippen MR) is 234 cm³/mol. The molecule has 3 N–H and O–H groups in total. The number of hydrogen-bond donors (Lipinski definition) is 3. The number of nitrogens with one attached hydrogen (secondary N) is 3. The van der Waals surface area contributed by atoms with E-state index < -0.39 is 73.5 Å². The van der Waals surface area contributed by atoms with Gasteiger partial charge < -0.3 is 29.7 Å². The number of fused-ring (bicyclic) bond motifs is 1. The van der Waals surface area contributed by atoms with E-state index in [0.29, 0.717) is 40.9 Å². The van der Waals surface area contributed by atoms with Crippen molar-refractivity contribution in [1.29, 1.82) is 0 Å². The molecule has 4 amide bonds. The Kier molecular flexibility index (Phi) is 12.5. The maximum absolute atomic E-state index is 14.8. The third kappa shape index (κ3) is 9.19. The first-order valence-electron chi connectivity index (χ1n) is 20.9. The summed E-state index contributed by atoms with van der Waals surface area (Å²) in [5.74, 6) is -1.94. The van der Waals surface area contributed by atoms with Gasteiger partial charge in [0.1, 0.15) is 35.2 Å². The van der Waals surface area contributed by atoms with Crippen molar-refractivity contribution in [2.24, 2.45) is 11.3 Å². The van der Waals surface area contributed by atoms with Crippen molar-refractivity contribution >= 4 is 44.6 Å². The molecule has 5 unspecified atom stereocenters. The number of sulfonamides is 1. The summed E-state index contributed by atoms with van der Waals surface area (Å²) in [7, 11) is -1.12. The zero-order valence-electron chi connectivity index (χ0n) is 35.8. The molecule has 0 radical (unpaired) electrons. The van der Waals surface area contributed by atoms with Gasteiger partial charge in [-0.15, -0.1) is 6.58 Å². The van der Waals surface area contributed by atoms with Gasteiger partial charge in [0.05, 0.1) is 36.2 Å². The van der Waals surface area contributed by atoms with Gasteiger partial charge in [-0.05, 0) is 48.8 Å². The van der Waals surface area contributed by atoms with Crippen LogP contribution >= 0.6 is 0 Å². The number of nitrogens with zero attached hydrogens (tertiary/aromatic N) is 2. The number of likely N-dealkylation sites (tertiary alicyclic amines) is 1. The van der Waals surface area contributed by atoms with Crippen molar-refractivity contribution in [2.75, 3.05) is 27.4 Å². The molecule has 4 aromatic rings. The number of hydrogen-bond acceptors (Lipinski definition) is 10. The van der Waals surface area contributed by atoms with Crippen LogP contribution in [-0.4, -0.2) is 97.8 Å². The summed E-state index contributed by atoms with van der Waals surface area (Å²) in [5.41, 5.74) is 0.518. The highest BCUT2D eigenvalue weighted by atomic mass is 32.2. The zero-order chi connectivity index (χ0) is 44.5. The van der Waals surface area contributed by atoms with Gasteiger partial charge in [0, 0.05) is 49.0 Å². The van der Waals surface area contributed by atoms with E-state index in [2.05, 4.69) is 21.9 Å². The number of carbonyl (C=O) groups excluding carboxylic acids is 4. The molecule has 0 bridgehead atoms. The van der Waals surface area contributed by atoms with Crippen LogP contribution in [0.1, 0.15) is 58.4 Å². The molecule has 1 saturated heterocycles. The monoisotopic (exact) mass is 865 g/mol. The number of carbonyl (C=O) groups is 4. The lowest BCUT2D eigenvalue weighted by atomic mass is 9.85. The minimum Gasteiger partial charge on any atom is -0.497 e. The highest BCUT2D eigenvalue weighted by Gasteiger charge is 2.63. The van der Waals surface area contributed by atoms with Crippen LogP contribution in [0.4, 0.5) is 0 Å². The molecule has 2 aliphatic carbocycles. The number of benzene rings is 3. The van der Waals surface area contributed by atoms with E-state index in [1.54, 1.807) is 19.2 Å². The summed E-state index contributed by atoms with van der Waals surface area (Å²) in [6.07, 6.45) is 1.96. The Balaban J connectivity index is 1.19. The summed E-state index contributed by atoms with van der Waals surface area (Å²) in [5, 5.41) is 6.42. The average Bonchev–Trinajstić information content (AvgIpc) is 4.16. The van der Waals surface area contributed by atoms with E-state index in [9.17, 15) is 27.6 Å². The van der Waals surface area contributed by atoms with E-state index >= 15 is 0 Å². The molecule has 14 nitrogen and oxygen atoms in total. The second kappa shape index (κ2) is 17.5. The Morgan fingerprint density at radius 2 is 1.68 bits per heavy atom. The number of methoxy groups -OCH3 is 2. The largest absolute Gasteiger partial charge is 0.497 e. The molecule has 2 heterocycles. The Hall–Kier alpha value is -5.80. The highest BCUT2D eigenvalue weighted by molar-refractivity contribution is 7.91. The van der Waals surface area contributed by atoms with Crippen LogP contribution in [-0.2, 0) is 40.4 Å². The molecule has 15 heteroatoms. The standard InChI is InChI=1S/C47H55N5O9S/c1-7-32-28-47(32,44(56)51-62(57,58)46(21-22-46)27-30-14-10-8-11-15-30)50-42(54)38-25-34(29-52(38)43(55)41(45(2,3)4)49-40(53)20-23-59-5)61-39-26-36(31-16-12-9-13-17-31)48-37-24-33(60-6)18-19-35(37)39/h7-19,24,26,32,34,38,41H,1,20-23,25,27-29H2,2-6H3,(H,49,53)(H,50,54)(H,51,56). The van der Waals surface area contributed by atoms with Gasteiger partial charge in [-0.1, -0.05) is 87.5 Å². The number of rotatable bonds is 17. The van der Waals surface area contributed by atoms with Crippen LogP contribution in [0.25, 0.3) is 22.2 Å². The van der Waals surface area contributed by atoms with Gasteiger partial charge in [-0.25, -0.2) is 13.4 Å². The molecular weight excluding hydrogens is 811 g/mol. The lowest BCUT2D eigenvalue weighted by molar-refractivity contribution is -0.144. The molecule has 3 aliphatic rings. The predicted octanol–water partition coefficient (Wildman–Crippen LogP) is 5.11. The highest BCUT2D eigenvalue weighted by Crippen LogP contribution is 2.49. The normalized spacial score (nSPS) is 22.0. The number of aromatic nitrogens is 1. The van der Waals surface area contributed by atoms with E-state index in [1.807, 2.05) is 93.6 Å². The average molecular weight is 866 g/mol. The van der Waals surface area contributed by atoms with Gasteiger partial charge in [0.2, 0.25) is 27.7 Å². The molecule has 1 aromatic heterocycles. The van der Waals surface area contributed by atoms with Crippen LogP contribution in [0, 0.1) is 11.3 Å². The third-order valence-corrected chi connectivity index (χ3v) is 14.3. The lowest BCUT2D eigenvalue weighted by Crippen LogP contribution is -2.60. The Bertz CT molecular complexity index is 2450. The number of amides is 4. The Morgan fingerprint density at radius 3 is 2.29 bits per heavy atom. The van der Waals surface area contributed by atoms with E-state index in [1.165, 1.54) is 18.1 Å². The van der Waals surface area contributed by atoms with Crippen molar-refractivity contribution in [2.45, 2.75) is 87.8 Å². The van der Waals surface area contributed by atoms with Gasteiger partial charge in [0.15, 0.2) is 0 Å². The second-order valence-corrected chi connectivity index (χ2v) is 19.7. The summed E-state index contributed by atoms with van der Waals surface area (Å²) in [4.78, 5) is 63.0. The van der Waals surface area contributed by atoms with E-state index in [4.69, 9.17) is 19.2 Å². The fourth-order valence-corrected chi connectivity index (χ4v) is 9.90. The van der Waals surface area contributed by atoms with Crippen molar-refractivity contribution in [3.05, 3.63) is 103 Å². The van der Waals surface area contributed by atoms with Crippen molar-refractivity contribution in [3.63, 3.8) is 0 Å². The van der Waals surface area contributed by atoms with Crippen molar-refractivity contribution in [3.8, 4) is 22.8 Å². The SMILES string of the molecule is C=CC1CC1(NC(=O)C1CC(Oc2cc(-c3ccccc3)nc3cc(OC)ccc23)CN1C(=O)C(NC(=O)CCOC)C(C)(C)C)C(=O)NS(=O)(=O)C1(Cc2ccccc2)CC1. The smallest absolute Gasteiger partial charge is 0.259 e. The van der Waals surface area contributed by atoms with Crippen LogP contribution in [0.15, 0.2) is 97.6 Å². The summed E-state index contributed by atoms with van der Waals surface area (Å²) >= 11 is 0. The Morgan fingerprint density at radius 1 is 0.984 bits per heavy atom. The maximum Gasteiger partial charge on any atom is 0.259 e. The number of ether oxygens (including phenoxy) is 3. The van der Waals surface area contributed by atoms with Crippen molar-refractivity contribution < 1.29 is 41.8 Å². The fourth-order valence-electron chi connectivity index (χ4n) is 8.26. The molecule has 328 valence electrons. The Labute approximate surface area is 362 Å². The first kappa shape index (κ1) is 44.3. The van der Waals surface area contributed by atoms with Crippen LogP contribution in [0.5, 0.6) is 11.5 Å². The number of pyridine rings is 1. The van der Waals surface area contributed by atoms with Crippen LogP contribution in [0.3, 0.4) is 0 Å². The topological polar surface area (TPSA) is 182 Å². The zero-order valence-corrected chi connectivity index (χ0v) is 36.6. The molecular formula is C47H55N5O9S. The molecule has 7 rings (SSSR count). The minimum absolute atomic E-state index is 0.0155. The molecule has 3 fully saturated rings. The molecule has 1 aliphatic heterocycles. The van der Waals surface area contributed by atoms with E-state index in [-0.39, 0.29) is 38.8 Å². The van der Waals surface area contributed by atoms with Gasteiger partial charge >= 0.3 is 0 Å². The van der Waals surface area contributed by atoms with Crippen molar-refractivity contribution in [1.82, 2.24) is 25.2 Å². The first-order valence-corrected chi connectivity index (χ1v) is 22.4. The molecule has 5 atom stereocenters. The second-order valence-electron chi connectivity index (χ2n) is 17.6. The summed E-state index contributed by atoms with van der Waals surface area (Å²) < 4.78 is 46.3. The summed E-state index contributed by atoms with van der Waals surface area (Å²) in [6, 6.07) is 23.9. The molecule has 2 saturated carbocycles. The third-order valence-electron chi connectivity index (χ3n) is 12.2. The quantitative estimate of drug-likeness (QED) is 0.121.